The van der Waals surface area contributed by atoms with Crippen LogP contribution in [0.1, 0.15) is 29.3 Å². The molecule has 1 unspecified atom stereocenters. The zero-order valence-corrected chi connectivity index (χ0v) is 12.7. The van der Waals surface area contributed by atoms with Gasteiger partial charge in [0, 0.05) is 44.1 Å². The minimum Gasteiger partial charge on any atom is -0.329 e. The van der Waals surface area contributed by atoms with E-state index < -0.39 is 0 Å². The predicted molar refractivity (Wildman–Crippen MR) is 81.6 cm³/mol. The van der Waals surface area contributed by atoms with Crippen molar-refractivity contribution >= 4 is 11.3 Å². The molecule has 19 heavy (non-hydrogen) atoms. The van der Waals surface area contributed by atoms with E-state index in [-0.39, 0.29) is 0 Å². The van der Waals surface area contributed by atoms with Crippen LogP contribution in [0.15, 0.2) is 11.4 Å². The van der Waals surface area contributed by atoms with Crippen molar-refractivity contribution < 1.29 is 0 Å². The monoisotopic (exact) mass is 279 g/mol. The van der Waals surface area contributed by atoms with Gasteiger partial charge in [0.2, 0.25) is 0 Å². The molecule has 3 nitrogen and oxygen atoms in total. The van der Waals surface area contributed by atoms with E-state index in [1.165, 1.54) is 56.0 Å². The summed E-state index contributed by atoms with van der Waals surface area (Å²) in [5.74, 6) is 1.01. The first-order valence-electron chi connectivity index (χ1n) is 7.48. The Morgan fingerprint density at radius 2 is 2.05 bits per heavy atom. The van der Waals surface area contributed by atoms with Gasteiger partial charge in [-0.3, -0.25) is 4.90 Å². The van der Waals surface area contributed by atoms with Crippen molar-refractivity contribution in [3.63, 3.8) is 0 Å². The van der Waals surface area contributed by atoms with Crippen LogP contribution in [0.4, 0.5) is 0 Å². The second-order valence-electron chi connectivity index (χ2n) is 6.00. The molecule has 0 bridgehead atoms. The van der Waals surface area contributed by atoms with E-state index >= 15 is 0 Å². The summed E-state index contributed by atoms with van der Waals surface area (Å²) >= 11 is 1.86. The molecule has 1 saturated heterocycles. The van der Waals surface area contributed by atoms with Crippen molar-refractivity contribution in [3.05, 3.63) is 21.9 Å². The number of aryl methyl sites for hydroxylation is 1. The number of nitrogens with two attached hydrogens (primary N) is 1. The fraction of sp³-hybridized carbons (Fsp3) is 0.733. The van der Waals surface area contributed by atoms with Gasteiger partial charge in [-0.25, -0.2) is 0 Å². The molecule has 2 heterocycles. The van der Waals surface area contributed by atoms with Gasteiger partial charge < -0.3 is 10.6 Å². The van der Waals surface area contributed by atoms with Crippen LogP contribution in [0.3, 0.4) is 0 Å². The van der Waals surface area contributed by atoms with Crippen LogP contribution in [0.25, 0.3) is 0 Å². The molecule has 3 rings (SSSR count). The maximum atomic E-state index is 6.04. The van der Waals surface area contributed by atoms with Crippen LogP contribution >= 0.6 is 11.3 Å². The molecule has 0 spiro atoms. The summed E-state index contributed by atoms with van der Waals surface area (Å²) in [7, 11) is 0. The number of thiophene rings is 1. The molecule has 1 aliphatic carbocycles. The molecule has 1 aliphatic heterocycles. The summed E-state index contributed by atoms with van der Waals surface area (Å²) in [4.78, 5) is 6.70. The van der Waals surface area contributed by atoms with Crippen molar-refractivity contribution in [2.24, 2.45) is 11.7 Å². The van der Waals surface area contributed by atoms with Gasteiger partial charge in [-0.1, -0.05) is 0 Å². The van der Waals surface area contributed by atoms with Crippen LogP contribution in [-0.4, -0.2) is 49.1 Å². The highest BCUT2D eigenvalue weighted by Gasteiger charge is 2.29. The quantitative estimate of drug-likeness (QED) is 0.896. The Kier molecular flexibility index (Phi) is 4.22. The lowest BCUT2D eigenvalue weighted by Crippen LogP contribution is -2.49. The summed E-state index contributed by atoms with van der Waals surface area (Å²) in [5.41, 5.74) is 7.44. The van der Waals surface area contributed by atoms with E-state index in [4.69, 9.17) is 5.73 Å². The van der Waals surface area contributed by atoms with Gasteiger partial charge >= 0.3 is 0 Å². The maximum absolute atomic E-state index is 6.04. The first-order chi connectivity index (χ1) is 9.28. The number of rotatable bonds is 5. The normalized spacial score (nSPS) is 23.7. The third-order valence-corrected chi connectivity index (χ3v) is 5.61. The van der Waals surface area contributed by atoms with Crippen molar-refractivity contribution in [1.29, 1.82) is 0 Å². The molecule has 0 aromatic carbocycles. The molecule has 1 aromatic rings. The molecule has 2 aliphatic rings. The van der Waals surface area contributed by atoms with E-state index in [2.05, 4.69) is 28.2 Å². The molecule has 106 valence electrons. The predicted octanol–water partition coefficient (Wildman–Crippen LogP) is 2.08. The topological polar surface area (TPSA) is 32.5 Å². The fourth-order valence-electron chi connectivity index (χ4n) is 3.07. The number of hydrogen-bond donors (Lipinski definition) is 1. The zero-order valence-electron chi connectivity index (χ0n) is 11.8. The molecule has 2 N–H and O–H groups in total. The Morgan fingerprint density at radius 3 is 2.58 bits per heavy atom. The third kappa shape index (κ3) is 3.19. The highest BCUT2D eigenvalue weighted by molar-refractivity contribution is 7.10. The zero-order chi connectivity index (χ0) is 13.2. The van der Waals surface area contributed by atoms with Crippen LogP contribution in [0.5, 0.6) is 0 Å². The number of hydrogen-bond acceptors (Lipinski definition) is 4. The Balaban J connectivity index is 1.58. The summed E-state index contributed by atoms with van der Waals surface area (Å²) in [6.45, 7) is 9.06. The molecular weight excluding hydrogens is 254 g/mol. The summed E-state index contributed by atoms with van der Waals surface area (Å²) in [5, 5.41) is 2.19. The van der Waals surface area contributed by atoms with Gasteiger partial charge in [0.15, 0.2) is 0 Å². The maximum Gasteiger partial charge on any atom is 0.0567 e. The van der Waals surface area contributed by atoms with Gasteiger partial charge in [-0.2, -0.15) is 0 Å². The summed E-state index contributed by atoms with van der Waals surface area (Å²) in [6, 6.07) is 2.65. The van der Waals surface area contributed by atoms with Crippen molar-refractivity contribution in [2.45, 2.75) is 25.8 Å². The second-order valence-corrected chi connectivity index (χ2v) is 6.95. The minimum absolute atomic E-state index is 0.433. The Bertz CT molecular complexity index is 405. The lowest BCUT2D eigenvalue weighted by atomic mass is 10.1. The van der Waals surface area contributed by atoms with Gasteiger partial charge in [0.25, 0.3) is 0 Å². The van der Waals surface area contributed by atoms with Crippen LogP contribution in [0, 0.1) is 12.8 Å². The molecule has 1 saturated carbocycles. The Hall–Kier alpha value is -0.420. The lowest BCUT2D eigenvalue weighted by molar-refractivity contribution is 0.0966. The Morgan fingerprint density at radius 1 is 1.32 bits per heavy atom. The van der Waals surface area contributed by atoms with Crippen LogP contribution < -0.4 is 5.73 Å². The van der Waals surface area contributed by atoms with Crippen molar-refractivity contribution in [3.8, 4) is 0 Å². The third-order valence-electron chi connectivity index (χ3n) is 4.49. The van der Waals surface area contributed by atoms with Gasteiger partial charge in [0.05, 0.1) is 6.04 Å². The molecule has 1 atom stereocenters. The summed E-state index contributed by atoms with van der Waals surface area (Å²) in [6.07, 6.45) is 2.92. The van der Waals surface area contributed by atoms with Gasteiger partial charge in [0.1, 0.15) is 0 Å². The summed E-state index contributed by atoms with van der Waals surface area (Å²) < 4.78 is 0. The number of piperazine rings is 1. The molecule has 0 radical (unpaired) electrons. The SMILES string of the molecule is Cc1ccsc1C(CN)N1CCN(CC2CC2)CC1. The smallest absolute Gasteiger partial charge is 0.0567 e. The standard InChI is InChI=1S/C15H25N3S/c1-12-4-9-19-15(12)14(10-16)18-7-5-17(6-8-18)11-13-2-3-13/h4,9,13-14H,2-3,5-8,10-11,16H2,1H3. The molecule has 0 amide bonds. The van der Waals surface area contributed by atoms with Gasteiger partial charge in [-0.05, 0) is 42.7 Å². The van der Waals surface area contributed by atoms with Crippen LogP contribution in [-0.2, 0) is 0 Å². The Labute approximate surface area is 120 Å². The highest BCUT2D eigenvalue weighted by atomic mass is 32.1. The van der Waals surface area contributed by atoms with E-state index in [0.29, 0.717) is 6.04 Å². The van der Waals surface area contributed by atoms with Crippen LogP contribution in [0.2, 0.25) is 0 Å². The highest BCUT2D eigenvalue weighted by Crippen LogP contribution is 2.31. The lowest BCUT2D eigenvalue weighted by Gasteiger charge is -2.39. The second kappa shape index (κ2) is 5.92. The van der Waals surface area contributed by atoms with E-state index in [0.717, 1.165) is 12.5 Å². The molecular formula is C15H25N3S. The van der Waals surface area contributed by atoms with Crippen molar-refractivity contribution in [1.82, 2.24) is 9.80 Å². The average Bonchev–Trinajstić information content (AvgIpc) is 3.14. The average molecular weight is 279 g/mol. The first kappa shape index (κ1) is 13.6. The molecule has 4 heteroatoms. The fourth-order valence-corrected chi connectivity index (χ4v) is 4.15. The van der Waals surface area contributed by atoms with E-state index in [1.54, 1.807) is 0 Å². The largest absolute Gasteiger partial charge is 0.329 e. The van der Waals surface area contributed by atoms with E-state index in [1.807, 2.05) is 11.3 Å². The number of nitrogens with zero attached hydrogens (tertiary/aromatic N) is 2. The van der Waals surface area contributed by atoms with Crippen molar-refractivity contribution in [2.75, 3.05) is 39.3 Å². The first-order valence-corrected chi connectivity index (χ1v) is 8.36. The molecule has 2 fully saturated rings. The van der Waals surface area contributed by atoms with Gasteiger partial charge in [-0.15, -0.1) is 11.3 Å². The van der Waals surface area contributed by atoms with E-state index in [9.17, 15) is 0 Å². The molecule has 1 aromatic heterocycles. The minimum atomic E-state index is 0.433.